The van der Waals surface area contributed by atoms with Crippen LogP contribution in [0.3, 0.4) is 0 Å². The fraction of sp³-hybridized carbons (Fsp3) is 0.364. The number of amides is 2. The molecular weight excluding hydrogens is 520 g/mol. The molecule has 1 aromatic carbocycles. The number of carbonyl (C=O) groups excluding carboxylic acids is 2. The largest absolute Gasteiger partial charge is 0.508 e. The van der Waals surface area contributed by atoms with Crippen LogP contribution in [-0.2, 0) is 20.9 Å². The minimum Gasteiger partial charge on any atom is -0.508 e. The van der Waals surface area contributed by atoms with E-state index in [9.17, 15) is 14.7 Å². The van der Waals surface area contributed by atoms with Crippen molar-refractivity contribution in [2.24, 2.45) is 17.8 Å². The van der Waals surface area contributed by atoms with Gasteiger partial charge in [-0.2, -0.15) is 0 Å². The number of carbonyl (C=O) groups is 2. The molecule has 2 aliphatic heterocycles. The molecule has 2 aromatic heterocycles. The molecule has 7 heteroatoms. The quantitative estimate of drug-likeness (QED) is 0.242. The predicted octanol–water partition coefficient (Wildman–Crippen LogP) is 6.49. The highest BCUT2D eigenvalue weighted by molar-refractivity contribution is 7.09. The van der Waals surface area contributed by atoms with Crippen LogP contribution in [0.25, 0.3) is 11.6 Å². The maximum atomic E-state index is 13.7. The van der Waals surface area contributed by atoms with E-state index < -0.39 is 0 Å². The molecule has 206 valence electrons. The SMILES string of the molecule is CCCC1=C2[C@@H](CC/C(=C/c3ccc(O)cc3)c3ccccn3)OC[C@@H]2[C@@H]2C(=O)N(Cc3cccs3)C(=O)[C@@H]2C1. The van der Waals surface area contributed by atoms with E-state index in [4.69, 9.17) is 4.74 Å². The van der Waals surface area contributed by atoms with Gasteiger partial charge in [0.2, 0.25) is 11.8 Å². The molecule has 6 rings (SSSR count). The Morgan fingerprint density at radius 3 is 2.67 bits per heavy atom. The molecule has 40 heavy (non-hydrogen) atoms. The van der Waals surface area contributed by atoms with Crippen LogP contribution >= 0.6 is 11.3 Å². The van der Waals surface area contributed by atoms with Crippen molar-refractivity contribution in [1.29, 1.82) is 0 Å². The van der Waals surface area contributed by atoms with Crippen LogP contribution in [0.1, 0.15) is 55.2 Å². The monoisotopic (exact) mass is 554 g/mol. The van der Waals surface area contributed by atoms with E-state index >= 15 is 0 Å². The summed E-state index contributed by atoms with van der Waals surface area (Å²) >= 11 is 1.58. The van der Waals surface area contributed by atoms with E-state index in [-0.39, 0.29) is 41.4 Å². The van der Waals surface area contributed by atoms with E-state index in [0.29, 0.717) is 19.6 Å². The number of pyridine rings is 1. The standard InChI is InChI=1S/C33H34N2O4S/c1-2-6-23-18-26-31(33(38)35(32(26)37)19-25-7-5-16-40-25)27-20-39-29(30(23)27)14-11-22(28-8-3-4-15-34-28)17-21-9-12-24(36)13-10-21/h3-5,7-10,12-13,15-17,26-27,29,31,36H,2,6,11,14,18-20H2,1H3/b22-17-/t26-,27+,29-,31-/m1/s1. The molecule has 0 spiro atoms. The topological polar surface area (TPSA) is 79.7 Å². The van der Waals surface area contributed by atoms with E-state index in [1.54, 1.807) is 29.7 Å². The number of imide groups is 1. The lowest BCUT2D eigenvalue weighted by Gasteiger charge is -2.32. The summed E-state index contributed by atoms with van der Waals surface area (Å²) in [7, 11) is 0. The average molecular weight is 555 g/mol. The molecule has 0 saturated carbocycles. The fourth-order valence-corrected chi connectivity index (χ4v) is 7.37. The fourth-order valence-electron chi connectivity index (χ4n) is 6.68. The van der Waals surface area contributed by atoms with Gasteiger partial charge in [-0.3, -0.25) is 19.5 Å². The summed E-state index contributed by atoms with van der Waals surface area (Å²) in [5, 5.41) is 11.7. The van der Waals surface area contributed by atoms with Gasteiger partial charge in [-0.25, -0.2) is 0 Å². The van der Waals surface area contributed by atoms with Crippen LogP contribution in [0, 0.1) is 17.8 Å². The Morgan fingerprint density at radius 2 is 1.95 bits per heavy atom. The lowest BCUT2D eigenvalue weighted by Crippen LogP contribution is -2.34. The summed E-state index contributed by atoms with van der Waals surface area (Å²) in [4.78, 5) is 34.3. The number of likely N-dealkylation sites (tertiary alicyclic amines) is 1. The number of rotatable bonds is 9. The molecule has 1 N–H and O–H groups in total. The zero-order valence-electron chi connectivity index (χ0n) is 22.7. The summed E-state index contributed by atoms with van der Waals surface area (Å²) in [5.74, 6) is -0.448. The van der Waals surface area contributed by atoms with Crippen molar-refractivity contribution < 1.29 is 19.4 Å². The molecular formula is C33H34N2O4S. The third kappa shape index (κ3) is 5.16. The van der Waals surface area contributed by atoms with Crippen LogP contribution in [0.4, 0.5) is 0 Å². The lowest BCUT2D eigenvalue weighted by molar-refractivity contribution is -0.140. The number of phenolic OH excluding ortho intramolecular Hbond substituents is 1. The first-order valence-electron chi connectivity index (χ1n) is 14.2. The zero-order chi connectivity index (χ0) is 27.6. The smallest absolute Gasteiger partial charge is 0.234 e. The van der Waals surface area contributed by atoms with Crippen molar-refractivity contribution >= 4 is 34.8 Å². The van der Waals surface area contributed by atoms with E-state index in [0.717, 1.165) is 47.4 Å². The summed E-state index contributed by atoms with van der Waals surface area (Å²) in [6.07, 6.45) is 7.96. The molecule has 2 fully saturated rings. The summed E-state index contributed by atoms with van der Waals surface area (Å²) < 4.78 is 6.44. The van der Waals surface area contributed by atoms with Crippen molar-refractivity contribution in [2.45, 2.75) is 51.7 Å². The third-order valence-corrected chi connectivity index (χ3v) is 9.31. The molecule has 6 nitrogen and oxygen atoms in total. The second-order valence-corrected chi connectivity index (χ2v) is 12.0. The van der Waals surface area contributed by atoms with Gasteiger partial charge in [-0.05, 0) is 84.2 Å². The zero-order valence-corrected chi connectivity index (χ0v) is 23.5. The van der Waals surface area contributed by atoms with E-state index in [1.807, 2.05) is 47.8 Å². The van der Waals surface area contributed by atoms with Gasteiger partial charge >= 0.3 is 0 Å². The number of hydrogen-bond donors (Lipinski definition) is 1. The molecule has 0 radical (unpaired) electrons. The van der Waals surface area contributed by atoms with E-state index in [1.165, 1.54) is 16.0 Å². The molecule has 1 aliphatic carbocycles. The summed E-state index contributed by atoms with van der Waals surface area (Å²) in [6.45, 7) is 3.03. The Hall–Kier alpha value is -3.55. The van der Waals surface area contributed by atoms with Gasteiger partial charge in [0.05, 0.1) is 36.8 Å². The van der Waals surface area contributed by atoms with Crippen molar-refractivity contribution in [3.63, 3.8) is 0 Å². The maximum absolute atomic E-state index is 13.7. The van der Waals surface area contributed by atoms with Gasteiger partial charge in [0.1, 0.15) is 5.75 Å². The number of allylic oxidation sites excluding steroid dienone is 2. The molecule has 0 unspecified atom stereocenters. The summed E-state index contributed by atoms with van der Waals surface area (Å²) in [6, 6.07) is 17.0. The van der Waals surface area contributed by atoms with Gasteiger partial charge in [-0.15, -0.1) is 11.3 Å². The van der Waals surface area contributed by atoms with Gasteiger partial charge < -0.3 is 9.84 Å². The average Bonchev–Trinajstić information content (AvgIpc) is 3.69. The summed E-state index contributed by atoms with van der Waals surface area (Å²) in [5.41, 5.74) is 5.59. The number of nitrogens with zero attached hydrogens (tertiary/aromatic N) is 2. The van der Waals surface area contributed by atoms with Crippen LogP contribution < -0.4 is 0 Å². The van der Waals surface area contributed by atoms with Gasteiger partial charge in [0.15, 0.2) is 0 Å². The van der Waals surface area contributed by atoms with Crippen molar-refractivity contribution in [2.75, 3.05) is 6.61 Å². The predicted molar refractivity (Wildman–Crippen MR) is 156 cm³/mol. The third-order valence-electron chi connectivity index (χ3n) is 8.45. The number of benzene rings is 1. The van der Waals surface area contributed by atoms with Crippen LogP contribution in [0.2, 0.25) is 0 Å². The normalized spacial score (nSPS) is 24.5. The second-order valence-electron chi connectivity index (χ2n) is 10.9. The first-order chi connectivity index (χ1) is 19.5. The first-order valence-corrected chi connectivity index (χ1v) is 15.0. The highest BCUT2D eigenvalue weighted by Gasteiger charge is 2.56. The number of aromatic hydroxyl groups is 1. The Kier molecular flexibility index (Phi) is 7.67. The molecule has 4 atom stereocenters. The van der Waals surface area contributed by atoms with Crippen molar-refractivity contribution in [3.05, 3.63) is 93.5 Å². The van der Waals surface area contributed by atoms with Crippen LogP contribution in [-0.4, -0.2) is 39.5 Å². The molecule has 2 saturated heterocycles. The van der Waals surface area contributed by atoms with Crippen LogP contribution in [0.15, 0.2) is 77.3 Å². The second kappa shape index (κ2) is 11.5. The van der Waals surface area contributed by atoms with Crippen molar-refractivity contribution in [1.82, 2.24) is 9.88 Å². The number of fused-ring (bicyclic) bond motifs is 3. The Labute approximate surface area is 239 Å². The first kappa shape index (κ1) is 26.7. The minimum absolute atomic E-state index is 0.0197. The number of hydrogen-bond acceptors (Lipinski definition) is 6. The number of phenols is 1. The highest BCUT2D eigenvalue weighted by atomic mass is 32.1. The molecule has 0 bridgehead atoms. The molecule has 3 aliphatic rings. The number of aromatic nitrogens is 1. The maximum Gasteiger partial charge on any atom is 0.234 e. The Balaban J connectivity index is 1.25. The number of ether oxygens (including phenoxy) is 1. The Bertz CT molecular complexity index is 1430. The van der Waals surface area contributed by atoms with E-state index in [2.05, 4.69) is 18.0 Å². The van der Waals surface area contributed by atoms with Crippen molar-refractivity contribution in [3.8, 4) is 5.75 Å². The van der Waals surface area contributed by atoms with Gasteiger partial charge in [0.25, 0.3) is 0 Å². The lowest BCUT2D eigenvalue weighted by atomic mass is 9.68. The van der Waals surface area contributed by atoms with Gasteiger partial charge in [0, 0.05) is 17.0 Å². The highest BCUT2D eigenvalue weighted by Crippen LogP contribution is 2.51. The number of thiophene rings is 1. The van der Waals surface area contributed by atoms with Crippen LogP contribution in [0.5, 0.6) is 5.75 Å². The Morgan fingerprint density at radius 1 is 1.10 bits per heavy atom. The molecule has 4 heterocycles. The molecule has 2 amide bonds. The molecule has 3 aromatic rings. The van der Waals surface area contributed by atoms with Gasteiger partial charge in [-0.1, -0.05) is 43.2 Å². The minimum atomic E-state index is -0.323.